The molecule has 1 unspecified atom stereocenters. The maximum absolute atomic E-state index is 12.9. The van der Waals surface area contributed by atoms with Crippen molar-refractivity contribution in [3.05, 3.63) is 46.0 Å². The second kappa shape index (κ2) is 5.26. The molecule has 1 atom stereocenters. The number of nitrogens with two attached hydrogens (primary N) is 1. The van der Waals surface area contributed by atoms with E-state index in [2.05, 4.69) is 9.59 Å². The van der Waals surface area contributed by atoms with Gasteiger partial charge in [-0.05, 0) is 29.6 Å². The summed E-state index contributed by atoms with van der Waals surface area (Å²) in [6.45, 7) is 1.86. The summed E-state index contributed by atoms with van der Waals surface area (Å²) in [7, 11) is 0. The van der Waals surface area contributed by atoms with Gasteiger partial charge >= 0.3 is 6.18 Å². The van der Waals surface area contributed by atoms with Gasteiger partial charge in [-0.25, -0.2) is 0 Å². The van der Waals surface area contributed by atoms with E-state index in [1.54, 1.807) is 6.07 Å². The molecule has 1 aromatic heterocycles. The summed E-state index contributed by atoms with van der Waals surface area (Å²) in [5, 5.41) is 3.88. The van der Waals surface area contributed by atoms with Crippen LogP contribution < -0.4 is 5.73 Å². The second-order valence-corrected chi connectivity index (χ2v) is 4.79. The molecule has 0 spiro atoms. The zero-order valence-electron chi connectivity index (χ0n) is 10.1. The number of benzene rings is 1. The molecule has 2 rings (SSSR count). The molecule has 0 saturated heterocycles. The number of aryl methyl sites for hydroxylation is 1. The normalized spacial score (nSPS) is 13.5. The molecule has 2 aromatic rings. The molecule has 0 amide bonds. The predicted molar refractivity (Wildman–Crippen MR) is 66.8 cm³/mol. The largest absolute Gasteiger partial charge is 0.416 e. The summed E-state index contributed by atoms with van der Waals surface area (Å²) in [5.74, 6) is 0. The summed E-state index contributed by atoms with van der Waals surface area (Å²) in [5.41, 5.74) is 5.95. The van der Waals surface area contributed by atoms with Crippen LogP contribution in [-0.4, -0.2) is 9.59 Å². The topological polar surface area (TPSA) is 51.8 Å². The van der Waals surface area contributed by atoms with Gasteiger partial charge < -0.3 is 5.73 Å². The predicted octanol–water partition coefficient (Wildman–Crippen LogP) is 3.17. The standard InChI is InChI=1S/C12H12F3N3S/c1-2-9-11(19-18-17-9)10(16)7-5-3-4-6-8(7)12(13,14)15/h3-6,10H,2,16H2,1H3. The smallest absolute Gasteiger partial charge is 0.319 e. The fraction of sp³-hybridized carbons (Fsp3) is 0.333. The molecule has 0 aliphatic heterocycles. The van der Waals surface area contributed by atoms with E-state index in [9.17, 15) is 13.2 Å². The van der Waals surface area contributed by atoms with Crippen LogP contribution in [0.15, 0.2) is 24.3 Å². The molecule has 0 aliphatic rings. The fourth-order valence-electron chi connectivity index (χ4n) is 1.86. The second-order valence-electron chi connectivity index (χ2n) is 4.00. The quantitative estimate of drug-likeness (QED) is 0.943. The van der Waals surface area contributed by atoms with Crippen molar-refractivity contribution in [1.82, 2.24) is 9.59 Å². The Labute approximate surface area is 112 Å². The van der Waals surface area contributed by atoms with Crippen LogP contribution in [-0.2, 0) is 12.6 Å². The number of hydrogen-bond donors (Lipinski definition) is 1. The fourth-order valence-corrected chi connectivity index (χ4v) is 2.62. The van der Waals surface area contributed by atoms with E-state index in [-0.39, 0.29) is 5.56 Å². The highest BCUT2D eigenvalue weighted by Gasteiger charge is 2.35. The van der Waals surface area contributed by atoms with Gasteiger partial charge in [-0.3, -0.25) is 0 Å². The van der Waals surface area contributed by atoms with Crippen LogP contribution in [0.1, 0.15) is 34.7 Å². The zero-order chi connectivity index (χ0) is 14.0. The van der Waals surface area contributed by atoms with Gasteiger partial charge in [0.1, 0.15) is 0 Å². The Morgan fingerprint density at radius 3 is 2.63 bits per heavy atom. The molecule has 0 radical (unpaired) electrons. The molecular formula is C12H12F3N3S. The molecular weight excluding hydrogens is 275 g/mol. The van der Waals surface area contributed by atoms with Gasteiger partial charge in [0, 0.05) is 0 Å². The van der Waals surface area contributed by atoms with E-state index in [1.807, 2.05) is 6.92 Å². The highest BCUT2D eigenvalue weighted by Crippen LogP contribution is 2.36. The Morgan fingerprint density at radius 1 is 1.32 bits per heavy atom. The maximum Gasteiger partial charge on any atom is 0.416 e. The van der Waals surface area contributed by atoms with Gasteiger partial charge in [0.25, 0.3) is 0 Å². The lowest BCUT2D eigenvalue weighted by Gasteiger charge is -2.17. The van der Waals surface area contributed by atoms with E-state index in [4.69, 9.17) is 5.73 Å². The molecule has 2 N–H and O–H groups in total. The maximum atomic E-state index is 12.9. The third kappa shape index (κ3) is 2.76. The molecule has 19 heavy (non-hydrogen) atoms. The van der Waals surface area contributed by atoms with E-state index in [0.717, 1.165) is 17.6 Å². The third-order valence-electron chi connectivity index (χ3n) is 2.80. The van der Waals surface area contributed by atoms with E-state index in [0.29, 0.717) is 17.0 Å². The molecule has 0 bridgehead atoms. The van der Waals surface area contributed by atoms with Crippen LogP contribution >= 0.6 is 11.5 Å². The Kier molecular flexibility index (Phi) is 3.86. The van der Waals surface area contributed by atoms with Gasteiger partial charge in [-0.15, -0.1) is 5.10 Å². The molecule has 1 heterocycles. The zero-order valence-corrected chi connectivity index (χ0v) is 10.9. The summed E-state index contributed by atoms with van der Waals surface area (Å²) < 4.78 is 42.6. The first kappa shape index (κ1) is 14.0. The van der Waals surface area contributed by atoms with Crippen molar-refractivity contribution in [1.29, 1.82) is 0 Å². The number of halogens is 3. The number of rotatable bonds is 3. The van der Waals surface area contributed by atoms with Crippen LogP contribution in [0.25, 0.3) is 0 Å². The molecule has 102 valence electrons. The molecule has 3 nitrogen and oxygen atoms in total. The molecule has 0 aliphatic carbocycles. The first-order valence-corrected chi connectivity index (χ1v) is 6.45. The number of hydrogen-bond acceptors (Lipinski definition) is 4. The van der Waals surface area contributed by atoms with Crippen molar-refractivity contribution in [3.8, 4) is 0 Å². The molecule has 7 heteroatoms. The van der Waals surface area contributed by atoms with Crippen LogP contribution in [0.5, 0.6) is 0 Å². The minimum absolute atomic E-state index is 0.0516. The lowest BCUT2D eigenvalue weighted by Crippen LogP contribution is -2.18. The van der Waals surface area contributed by atoms with Crippen molar-refractivity contribution < 1.29 is 13.2 Å². The first-order valence-electron chi connectivity index (χ1n) is 5.68. The average molecular weight is 287 g/mol. The Morgan fingerprint density at radius 2 is 2.00 bits per heavy atom. The highest BCUT2D eigenvalue weighted by molar-refractivity contribution is 7.05. The summed E-state index contributed by atoms with van der Waals surface area (Å²) in [4.78, 5) is 0.583. The first-order chi connectivity index (χ1) is 8.95. The third-order valence-corrected chi connectivity index (χ3v) is 3.65. The highest BCUT2D eigenvalue weighted by atomic mass is 32.1. The number of nitrogens with zero attached hydrogens (tertiary/aromatic N) is 2. The van der Waals surface area contributed by atoms with Crippen LogP contribution in [0.3, 0.4) is 0 Å². The minimum atomic E-state index is -4.42. The molecule has 1 aromatic carbocycles. The summed E-state index contributed by atoms with van der Waals surface area (Å²) >= 11 is 1.04. The Balaban J connectivity index is 2.48. The average Bonchev–Trinajstić information content (AvgIpc) is 2.85. The Bertz CT molecular complexity index is 565. The summed E-state index contributed by atoms with van der Waals surface area (Å²) in [6.07, 6.45) is -3.83. The Hall–Kier alpha value is -1.47. The van der Waals surface area contributed by atoms with Crippen LogP contribution in [0, 0.1) is 0 Å². The van der Waals surface area contributed by atoms with Gasteiger partial charge in [0.05, 0.1) is 22.2 Å². The van der Waals surface area contributed by atoms with Crippen LogP contribution in [0.4, 0.5) is 13.2 Å². The lowest BCUT2D eigenvalue weighted by molar-refractivity contribution is -0.138. The monoisotopic (exact) mass is 287 g/mol. The van der Waals surface area contributed by atoms with Gasteiger partial charge in [0.2, 0.25) is 0 Å². The van der Waals surface area contributed by atoms with Crippen molar-refractivity contribution in [2.24, 2.45) is 5.73 Å². The lowest BCUT2D eigenvalue weighted by atomic mass is 9.98. The van der Waals surface area contributed by atoms with E-state index >= 15 is 0 Å². The molecule has 0 saturated carbocycles. The van der Waals surface area contributed by atoms with Gasteiger partial charge in [-0.1, -0.05) is 29.6 Å². The van der Waals surface area contributed by atoms with E-state index < -0.39 is 17.8 Å². The van der Waals surface area contributed by atoms with E-state index in [1.165, 1.54) is 12.1 Å². The van der Waals surface area contributed by atoms with Gasteiger partial charge in [-0.2, -0.15) is 13.2 Å². The SMILES string of the molecule is CCc1nnsc1C(N)c1ccccc1C(F)(F)F. The van der Waals surface area contributed by atoms with Crippen molar-refractivity contribution in [2.75, 3.05) is 0 Å². The van der Waals surface area contributed by atoms with Crippen molar-refractivity contribution in [3.63, 3.8) is 0 Å². The van der Waals surface area contributed by atoms with Crippen LogP contribution in [0.2, 0.25) is 0 Å². The molecule has 0 fully saturated rings. The van der Waals surface area contributed by atoms with Gasteiger partial charge in [0.15, 0.2) is 0 Å². The minimum Gasteiger partial charge on any atom is -0.319 e. The number of alkyl halides is 3. The van der Waals surface area contributed by atoms with Crippen molar-refractivity contribution in [2.45, 2.75) is 25.6 Å². The van der Waals surface area contributed by atoms with Crippen molar-refractivity contribution >= 4 is 11.5 Å². The summed E-state index contributed by atoms with van der Waals surface area (Å²) in [6, 6.07) is 4.48. The number of aromatic nitrogens is 2.